The average Bonchev–Trinajstić information content (AvgIpc) is 2.65. The topological polar surface area (TPSA) is 35.5 Å². The maximum Gasteiger partial charge on any atom is 0.335 e. The van der Waals surface area contributed by atoms with Gasteiger partial charge in [-0.25, -0.2) is 4.79 Å². The maximum atomic E-state index is 11.5. The van der Waals surface area contributed by atoms with Gasteiger partial charge in [0.1, 0.15) is 0 Å². The zero-order valence-corrected chi connectivity index (χ0v) is 10.5. The number of methoxy groups -OCH3 is 1. The minimum absolute atomic E-state index is 0.229. The molecule has 0 bridgehead atoms. The van der Waals surface area contributed by atoms with Crippen LogP contribution in [0.3, 0.4) is 0 Å². The molecular formula is C14H18O3. The summed E-state index contributed by atoms with van der Waals surface area (Å²) in [6.07, 6.45) is 0.240. The number of hydrogen-bond acceptors (Lipinski definition) is 3. The van der Waals surface area contributed by atoms with Crippen LogP contribution in [-0.2, 0) is 14.3 Å². The molecule has 3 nitrogen and oxygen atoms in total. The molecule has 0 spiro atoms. The monoisotopic (exact) mass is 234 g/mol. The van der Waals surface area contributed by atoms with E-state index in [2.05, 4.69) is 12.1 Å². The van der Waals surface area contributed by atoms with Gasteiger partial charge in [-0.05, 0) is 25.8 Å². The molecule has 1 aliphatic heterocycles. The van der Waals surface area contributed by atoms with E-state index in [0.717, 1.165) is 0 Å². The number of ether oxygens (including phenoxy) is 2. The number of esters is 1. The van der Waals surface area contributed by atoms with Crippen molar-refractivity contribution in [1.29, 1.82) is 0 Å². The van der Waals surface area contributed by atoms with Crippen LogP contribution in [0.5, 0.6) is 0 Å². The SMILES string of the molecule is COC(=O)[C@@H]1CC(c2ccccc2)C(C)(C)O1. The molecule has 0 amide bonds. The third kappa shape index (κ3) is 2.34. The highest BCUT2D eigenvalue weighted by Crippen LogP contribution is 2.42. The molecule has 0 radical (unpaired) electrons. The highest BCUT2D eigenvalue weighted by atomic mass is 16.6. The van der Waals surface area contributed by atoms with E-state index in [4.69, 9.17) is 9.47 Å². The molecule has 1 aromatic carbocycles. The summed E-state index contributed by atoms with van der Waals surface area (Å²) < 4.78 is 10.5. The predicted molar refractivity (Wildman–Crippen MR) is 64.8 cm³/mol. The molecule has 1 heterocycles. The van der Waals surface area contributed by atoms with Crippen molar-refractivity contribution in [2.75, 3.05) is 7.11 Å². The summed E-state index contributed by atoms with van der Waals surface area (Å²) in [5, 5.41) is 0. The molecule has 0 saturated carbocycles. The molecular weight excluding hydrogens is 216 g/mol. The van der Waals surface area contributed by atoms with Crippen molar-refractivity contribution in [2.45, 2.75) is 37.9 Å². The minimum atomic E-state index is -0.444. The second kappa shape index (κ2) is 4.49. The lowest BCUT2D eigenvalue weighted by Gasteiger charge is -2.26. The fraction of sp³-hybridized carbons (Fsp3) is 0.500. The Morgan fingerprint density at radius 1 is 1.35 bits per heavy atom. The van der Waals surface area contributed by atoms with Gasteiger partial charge in [-0.3, -0.25) is 0 Å². The zero-order chi connectivity index (χ0) is 12.5. The smallest absolute Gasteiger partial charge is 0.335 e. The van der Waals surface area contributed by atoms with E-state index in [-0.39, 0.29) is 17.5 Å². The Balaban J connectivity index is 2.22. The first-order valence-electron chi connectivity index (χ1n) is 5.85. The second-order valence-corrected chi connectivity index (χ2v) is 4.93. The summed E-state index contributed by atoms with van der Waals surface area (Å²) in [4.78, 5) is 11.5. The normalized spacial score (nSPS) is 26.8. The van der Waals surface area contributed by atoms with Crippen molar-refractivity contribution < 1.29 is 14.3 Å². The van der Waals surface area contributed by atoms with E-state index < -0.39 is 6.10 Å². The van der Waals surface area contributed by atoms with E-state index in [0.29, 0.717) is 6.42 Å². The minimum Gasteiger partial charge on any atom is -0.467 e. The zero-order valence-electron chi connectivity index (χ0n) is 10.5. The van der Waals surface area contributed by atoms with E-state index in [1.807, 2.05) is 32.0 Å². The maximum absolute atomic E-state index is 11.5. The lowest BCUT2D eigenvalue weighted by molar-refractivity contribution is -0.156. The van der Waals surface area contributed by atoms with Gasteiger partial charge in [0.05, 0.1) is 12.7 Å². The van der Waals surface area contributed by atoms with Crippen LogP contribution in [0, 0.1) is 0 Å². The van der Waals surface area contributed by atoms with Crippen molar-refractivity contribution in [3.05, 3.63) is 35.9 Å². The molecule has 0 aliphatic carbocycles. The van der Waals surface area contributed by atoms with Gasteiger partial charge in [0.2, 0.25) is 0 Å². The van der Waals surface area contributed by atoms with Crippen LogP contribution in [-0.4, -0.2) is 24.8 Å². The molecule has 1 saturated heterocycles. The van der Waals surface area contributed by atoms with Gasteiger partial charge >= 0.3 is 5.97 Å². The largest absolute Gasteiger partial charge is 0.467 e. The molecule has 1 unspecified atom stereocenters. The van der Waals surface area contributed by atoms with E-state index >= 15 is 0 Å². The van der Waals surface area contributed by atoms with Crippen LogP contribution < -0.4 is 0 Å². The first-order valence-corrected chi connectivity index (χ1v) is 5.85. The summed E-state index contributed by atoms with van der Waals surface area (Å²) in [6, 6.07) is 10.2. The van der Waals surface area contributed by atoms with Gasteiger partial charge in [-0.15, -0.1) is 0 Å². The molecule has 1 aliphatic rings. The summed E-state index contributed by atoms with van der Waals surface area (Å²) in [6.45, 7) is 4.04. The Hall–Kier alpha value is -1.35. The van der Waals surface area contributed by atoms with Crippen LogP contribution in [0.1, 0.15) is 31.7 Å². The van der Waals surface area contributed by atoms with Gasteiger partial charge in [0.25, 0.3) is 0 Å². The average molecular weight is 234 g/mol. The molecule has 2 rings (SSSR count). The number of carbonyl (C=O) groups excluding carboxylic acids is 1. The first kappa shape index (κ1) is 12.1. The number of rotatable bonds is 2. The van der Waals surface area contributed by atoms with Gasteiger partial charge in [0, 0.05) is 5.92 Å². The Bertz CT molecular complexity index is 397. The quantitative estimate of drug-likeness (QED) is 0.738. The molecule has 0 aromatic heterocycles. The van der Waals surface area contributed by atoms with Gasteiger partial charge in [0.15, 0.2) is 6.10 Å². The Morgan fingerprint density at radius 2 is 2.00 bits per heavy atom. The van der Waals surface area contributed by atoms with Crippen molar-refractivity contribution in [2.24, 2.45) is 0 Å². The molecule has 0 N–H and O–H groups in total. The Morgan fingerprint density at radius 3 is 2.59 bits per heavy atom. The Kier molecular flexibility index (Phi) is 3.20. The molecule has 2 atom stereocenters. The van der Waals surface area contributed by atoms with E-state index in [9.17, 15) is 4.79 Å². The highest BCUT2D eigenvalue weighted by molar-refractivity contribution is 5.75. The van der Waals surface area contributed by atoms with Gasteiger partial charge < -0.3 is 9.47 Å². The summed E-state index contributed by atoms with van der Waals surface area (Å²) in [7, 11) is 1.40. The van der Waals surface area contributed by atoms with Crippen LogP contribution in [0.25, 0.3) is 0 Å². The van der Waals surface area contributed by atoms with Crippen LogP contribution in [0.4, 0.5) is 0 Å². The van der Waals surface area contributed by atoms with E-state index in [1.54, 1.807) is 0 Å². The molecule has 1 aromatic rings. The molecule has 1 fully saturated rings. The van der Waals surface area contributed by atoms with Crippen LogP contribution in [0.15, 0.2) is 30.3 Å². The second-order valence-electron chi connectivity index (χ2n) is 4.93. The van der Waals surface area contributed by atoms with Crippen molar-refractivity contribution in [1.82, 2.24) is 0 Å². The number of hydrogen-bond donors (Lipinski definition) is 0. The molecule has 92 valence electrons. The van der Waals surface area contributed by atoms with Gasteiger partial charge in [-0.1, -0.05) is 30.3 Å². The lowest BCUT2D eigenvalue weighted by atomic mass is 9.84. The highest BCUT2D eigenvalue weighted by Gasteiger charge is 2.45. The summed E-state index contributed by atoms with van der Waals surface area (Å²) in [5.41, 5.74) is 0.879. The molecule has 17 heavy (non-hydrogen) atoms. The van der Waals surface area contributed by atoms with E-state index in [1.165, 1.54) is 12.7 Å². The van der Waals surface area contributed by atoms with Crippen LogP contribution >= 0.6 is 0 Å². The number of carbonyl (C=O) groups is 1. The third-order valence-electron chi connectivity index (χ3n) is 3.40. The Labute approximate surface area is 102 Å². The van der Waals surface area contributed by atoms with Gasteiger partial charge in [-0.2, -0.15) is 0 Å². The van der Waals surface area contributed by atoms with Crippen molar-refractivity contribution in [3.63, 3.8) is 0 Å². The fourth-order valence-electron chi connectivity index (χ4n) is 2.49. The number of benzene rings is 1. The first-order chi connectivity index (χ1) is 8.04. The molecule has 3 heteroatoms. The fourth-order valence-corrected chi connectivity index (χ4v) is 2.49. The summed E-state index contributed by atoms with van der Waals surface area (Å²) >= 11 is 0. The summed E-state index contributed by atoms with van der Waals surface area (Å²) in [5.74, 6) is -0.0516. The predicted octanol–water partition coefficient (Wildman–Crippen LogP) is 2.51. The lowest BCUT2D eigenvalue weighted by Crippen LogP contribution is -2.28. The van der Waals surface area contributed by atoms with Crippen molar-refractivity contribution >= 4 is 5.97 Å². The third-order valence-corrected chi connectivity index (χ3v) is 3.40. The van der Waals surface area contributed by atoms with Crippen LogP contribution in [0.2, 0.25) is 0 Å². The van der Waals surface area contributed by atoms with Crippen molar-refractivity contribution in [3.8, 4) is 0 Å². The standard InChI is InChI=1S/C14H18O3/c1-14(2)11(10-7-5-4-6-8-10)9-12(17-14)13(15)16-3/h4-8,11-12H,9H2,1-3H3/t11?,12-/m0/s1.